The minimum Gasteiger partial charge on any atom is -0.494 e. The Labute approximate surface area is 224 Å². The molecule has 0 saturated carbocycles. The number of thiazole rings is 1. The van der Waals surface area contributed by atoms with Crippen LogP contribution in [0.15, 0.2) is 53.0 Å². The lowest BCUT2D eigenvalue weighted by molar-refractivity contribution is -0.380. The second-order valence-electron chi connectivity index (χ2n) is 7.85. The van der Waals surface area contributed by atoms with Crippen LogP contribution in [0.1, 0.15) is 34.1 Å². The van der Waals surface area contributed by atoms with Gasteiger partial charge in [0.05, 0.1) is 16.4 Å². The number of nitro groups is 1. The maximum absolute atomic E-state index is 12.7. The number of nitrogens with zero attached hydrogens (tertiary/aromatic N) is 2. The van der Waals surface area contributed by atoms with Crippen molar-refractivity contribution in [3.8, 4) is 27.8 Å². The number of anilines is 1. The third-order valence-electron chi connectivity index (χ3n) is 5.03. The molecular weight excluding hydrogens is 566 g/mol. The molecule has 2 heterocycles. The number of carbonyl (C=O) groups is 1. The first-order chi connectivity index (χ1) is 17.2. The summed E-state index contributed by atoms with van der Waals surface area (Å²) in [5.41, 5.74) is 3.42. The van der Waals surface area contributed by atoms with E-state index in [9.17, 15) is 14.9 Å². The van der Waals surface area contributed by atoms with Crippen LogP contribution in [0.4, 0.5) is 10.1 Å². The average Bonchev–Trinajstić information content (AvgIpc) is 3.49. The lowest BCUT2D eigenvalue weighted by Crippen LogP contribution is -2.09. The van der Waals surface area contributed by atoms with Gasteiger partial charge in [-0.05, 0) is 73.9 Å². The topological polar surface area (TPSA) is 104 Å². The van der Waals surface area contributed by atoms with E-state index in [1.54, 1.807) is 0 Å². The van der Waals surface area contributed by atoms with Crippen molar-refractivity contribution in [2.75, 3.05) is 11.9 Å². The van der Waals surface area contributed by atoms with Crippen LogP contribution in [0.2, 0.25) is 0 Å². The lowest BCUT2D eigenvalue weighted by atomic mass is 10.1. The normalized spacial score (nSPS) is 10.8. The monoisotopic (exact) mass is 587 g/mol. The molecule has 1 N–H and O–H groups in total. The van der Waals surface area contributed by atoms with Crippen molar-refractivity contribution in [1.82, 2.24) is 4.98 Å². The second-order valence-corrected chi connectivity index (χ2v) is 10.7. The van der Waals surface area contributed by atoms with E-state index in [4.69, 9.17) is 9.47 Å². The molecule has 0 aliphatic heterocycles. The van der Waals surface area contributed by atoms with Crippen LogP contribution in [-0.2, 0) is 0 Å². The first kappa shape index (κ1) is 25.8. The van der Waals surface area contributed by atoms with Gasteiger partial charge in [-0.25, -0.2) is 4.98 Å². The van der Waals surface area contributed by atoms with Crippen molar-refractivity contribution >= 4 is 54.6 Å². The number of rotatable bonds is 9. The summed E-state index contributed by atoms with van der Waals surface area (Å²) < 4.78 is 12.9. The molecule has 0 aliphatic carbocycles. The molecule has 36 heavy (non-hydrogen) atoms. The number of hydrogen-bond donors (Lipinski definition) is 1. The van der Waals surface area contributed by atoms with Crippen molar-refractivity contribution in [3.63, 3.8) is 0 Å². The Hall–Kier alpha value is -3.28. The molecule has 11 heteroatoms. The summed E-state index contributed by atoms with van der Waals surface area (Å²) in [5.74, 6) is 0.927. The number of aryl methyl sites for hydroxylation is 2. The zero-order valence-corrected chi connectivity index (χ0v) is 22.9. The Bertz CT molecular complexity index is 1390. The van der Waals surface area contributed by atoms with Gasteiger partial charge in [0.15, 0.2) is 5.13 Å². The molecule has 4 aromatic rings. The van der Waals surface area contributed by atoms with Crippen LogP contribution < -0.4 is 14.8 Å². The van der Waals surface area contributed by atoms with Gasteiger partial charge in [-0.3, -0.25) is 20.2 Å². The molecule has 0 saturated heterocycles. The molecule has 2 aromatic heterocycles. The zero-order valence-electron chi connectivity index (χ0n) is 19.7. The van der Waals surface area contributed by atoms with Crippen molar-refractivity contribution in [3.05, 3.63) is 79.1 Å². The summed E-state index contributed by atoms with van der Waals surface area (Å²) in [5, 5.41) is 14.4. The molecule has 0 radical (unpaired) electrons. The molecule has 0 bridgehead atoms. The average molecular weight is 589 g/mol. The first-order valence-corrected chi connectivity index (χ1v) is 13.4. The van der Waals surface area contributed by atoms with Gasteiger partial charge in [-0.2, -0.15) is 0 Å². The van der Waals surface area contributed by atoms with Gasteiger partial charge in [-0.15, -0.1) is 0 Å². The highest BCUT2D eigenvalue weighted by Gasteiger charge is 2.20. The highest BCUT2D eigenvalue weighted by molar-refractivity contribution is 9.10. The molecule has 0 fully saturated rings. The van der Waals surface area contributed by atoms with Gasteiger partial charge in [0, 0.05) is 16.1 Å². The van der Waals surface area contributed by atoms with Crippen LogP contribution in [0.5, 0.6) is 16.6 Å². The second kappa shape index (κ2) is 11.2. The van der Waals surface area contributed by atoms with Crippen LogP contribution in [0, 0.1) is 24.0 Å². The molecule has 0 atom stereocenters. The van der Waals surface area contributed by atoms with Crippen molar-refractivity contribution in [2.45, 2.75) is 27.2 Å². The predicted octanol–water partition coefficient (Wildman–Crippen LogP) is 7.99. The third kappa shape index (κ3) is 5.92. The van der Waals surface area contributed by atoms with Gasteiger partial charge >= 0.3 is 5.00 Å². The van der Waals surface area contributed by atoms with Crippen molar-refractivity contribution in [1.29, 1.82) is 0 Å². The molecular formula is C25H22BrN3O5S2. The fraction of sp³-hybridized carbons (Fsp3) is 0.200. The fourth-order valence-corrected chi connectivity index (χ4v) is 5.12. The first-order valence-electron chi connectivity index (χ1n) is 11.0. The Kier molecular flexibility index (Phi) is 8.02. The highest BCUT2D eigenvalue weighted by atomic mass is 79.9. The Morgan fingerprint density at radius 3 is 2.39 bits per heavy atom. The lowest BCUT2D eigenvalue weighted by Gasteiger charge is -2.10. The minimum absolute atomic E-state index is 0.102. The molecule has 0 spiro atoms. The van der Waals surface area contributed by atoms with E-state index in [0.717, 1.165) is 44.7 Å². The summed E-state index contributed by atoms with van der Waals surface area (Å²) >= 11 is 5.56. The molecule has 4 rings (SSSR count). The van der Waals surface area contributed by atoms with Gasteiger partial charge in [0.25, 0.3) is 5.91 Å². The number of halogens is 1. The summed E-state index contributed by atoms with van der Waals surface area (Å²) in [4.78, 5) is 28.0. The SMILES string of the molecule is CCCOc1ccc(-c2nc(NC(=O)c3ccc([N+](=O)[O-])s3)sc2Oc2cc(C)c(Br)c(C)c2)cc1. The molecule has 8 nitrogen and oxygen atoms in total. The van der Waals surface area contributed by atoms with E-state index in [0.29, 0.717) is 28.2 Å². The summed E-state index contributed by atoms with van der Waals surface area (Å²) in [6.07, 6.45) is 0.911. The van der Waals surface area contributed by atoms with E-state index in [1.165, 1.54) is 23.5 Å². The predicted molar refractivity (Wildman–Crippen MR) is 146 cm³/mol. The molecule has 186 valence electrons. The van der Waals surface area contributed by atoms with Gasteiger partial charge in [0.1, 0.15) is 17.2 Å². The van der Waals surface area contributed by atoms with E-state index >= 15 is 0 Å². The largest absolute Gasteiger partial charge is 0.494 e. The van der Waals surface area contributed by atoms with E-state index in [2.05, 4.69) is 26.2 Å². The van der Waals surface area contributed by atoms with Crippen LogP contribution in [-0.4, -0.2) is 22.4 Å². The van der Waals surface area contributed by atoms with Crippen LogP contribution in [0.3, 0.4) is 0 Å². The fourth-order valence-electron chi connectivity index (χ4n) is 3.32. The third-order valence-corrected chi connectivity index (χ3v) is 8.17. The van der Waals surface area contributed by atoms with Crippen LogP contribution in [0.25, 0.3) is 11.3 Å². The number of aromatic nitrogens is 1. The number of amides is 1. The van der Waals surface area contributed by atoms with Crippen molar-refractivity contribution in [2.24, 2.45) is 0 Å². The number of carbonyl (C=O) groups excluding carboxylic acids is 1. The Balaban J connectivity index is 1.66. The van der Waals surface area contributed by atoms with Gasteiger partial charge in [-0.1, -0.05) is 45.5 Å². The smallest absolute Gasteiger partial charge is 0.324 e. The number of ether oxygens (including phenoxy) is 2. The van der Waals surface area contributed by atoms with Gasteiger partial charge in [0.2, 0.25) is 5.06 Å². The minimum atomic E-state index is -0.523. The molecule has 2 aromatic carbocycles. The zero-order chi connectivity index (χ0) is 25.8. The molecule has 0 aliphatic rings. The van der Waals surface area contributed by atoms with Crippen LogP contribution >= 0.6 is 38.6 Å². The quantitative estimate of drug-likeness (QED) is 0.157. The highest BCUT2D eigenvalue weighted by Crippen LogP contribution is 2.42. The van der Waals surface area contributed by atoms with Crippen molar-refractivity contribution < 1.29 is 19.2 Å². The molecule has 0 unspecified atom stereocenters. The summed E-state index contributed by atoms with van der Waals surface area (Å²) in [6, 6.07) is 14.1. The molecule has 1 amide bonds. The number of nitrogens with one attached hydrogen (secondary N) is 1. The van der Waals surface area contributed by atoms with E-state index in [1.807, 2.05) is 57.2 Å². The standard InChI is InChI=1S/C25H22BrN3O5S2/c1-4-11-33-17-7-5-16(6-8-17)22-24(34-18-12-14(2)21(26)15(3)13-18)36-25(27-22)28-23(30)19-9-10-20(35-19)29(31)32/h5-10,12-13H,4,11H2,1-3H3,(H,27,28,30). The maximum atomic E-state index is 12.7. The number of thiophene rings is 1. The Morgan fingerprint density at radius 1 is 1.08 bits per heavy atom. The number of benzene rings is 2. The number of hydrogen-bond acceptors (Lipinski definition) is 8. The summed E-state index contributed by atoms with van der Waals surface area (Å²) in [6.45, 7) is 6.64. The van der Waals surface area contributed by atoms with E-state index < -0.39 is 10.8 Å². The van der Waals surface area contributed by atoms with E-state index in [-0.39, 0.29) is 9.88 Å². The summed E-state index contributed by atoms with van der Waals surface area (Å²) in [7, 11) is 0. The Morgan fingerprint density at radius 2 is 1.78 bits per heavy atom. The van der Waals surface area contributed by atoms with Gasteiger partial charge < -0.3 is 9.47 Å². The maximum Gasteiger partial charge on any atom is 0.324 e.